The van der Waals surface area contributed by atoms with Crippen LogP contribution in [0, 0.1) is 0 Å². The summed E-state index contributed by atoms with van der Waals surface area (Å²) in [6.07, 6.45) is 14.2. The van der Waals surface area contributed by atoms with Crippen LogP contribution >= 0.6 is 0 Å². The molecule has 0 spiro atoms. The zero-order chi connectivity index (χ0) is 14.8. The third-order valence-electron chi connectivity index (χ3n) is 4.43. The third kappa shape index (κ3) is 2.37. The molecule has 1 aliphatic heterocycles. The molecule has 1 unspecified atom stereocenters. The molecular weight excluding hydrogens is 274 g/mol. The molecule has 0 aromatic carbocycles. The standard InChI is InChI=1S/C17H19N5/c1-2-4-15(3-1)21-17(14-6-9-18-10-7-14)20-11-13-5-8-19-12-16(13)22-17/h5-12,15,21-22H,1-4H2. The Morgan fingerprint density at radius 2 is 1.82 bits per heavy atom. The lowest BCUT2D eigenvalue weighted by atomic mass is 10.0. The molecule has 5 nitrogen and oxygen atoms in total. The van der Waals surface area contributed by atoms with Gasteiger partial charge in [-0.25, -0.2) is 4.99 Å². The Balaban J connectivity index is 1.74. The topological polar surface area (TPSA) is 62.2 Å². The van der Waals surface area contributed by atoms with Crippen LogP contribution in [-0.2, 0) is 5.79 Å². The largest absolute Gasteiger partial charge is 0.343 e. The molecule has 22 heavy (non-hydrogen) atoms. The number of pyridine rings is 2. The SMILES string of the molecule is C1=NC(NC2CCCC2)(c2ccncc2)Nc2cnccc21. The summed E-state index contributed by atoms with van der Waals surface area (Å²) in [5.74, 6) is -0.631. The van der Waals surface area contributed by atoms with Gasteiger partial charge >= 0.3 is 0 Å². The Hall–Kier alpha value is -2.27. The van der Waals surface area contributed by atoms with Gasteiger partial charge in [0.15, 0.2) is 0 Å². The first-order chi connectivity index (χ1) is 10.9. The molecule has 0 radical (unpaired) electrons. The minimum atomic E-state index is -0.631. The van der Waals surface area contributed by atoms with Crippen LogP contribution in [0.5, 0.6) is 0 Å². The lowest BCUT2D eigenvalue weighted by molar-refractivity contribution is 0.338. The van der Waals surface area contributed by atoms with Gasteiger partial charge in [-0.1, -0.05) is 12.8 Å². The van der Waals surface area contributed by atoms with Crippen LogP contribution in [0.4, 0.5) is 5.69 Å². The fraction of sp³-hybridized carbons (Fsp3) is 0.353. The molecule has 3 heterocycles. The smallest absolute Gasteiger partial charge is 0.212 e. The van der Waals surface area contributed by atoms with Gasteiger partial charge in [0.05, 0.1) is 11.9 Å². The van der Waals surface area contributed by atoms with Crippen LogP contribution in [0.25, 0.3) is 0 Å². The van der Waals surface area contributed by atoms with E-state index in [4.69, 9.17) is 4.99 Å². The van der Waals surface area contributed by atoms with Gasteiger partial charge in [0, 0.05) is 42.0 Å². The molecule has 1 aliphatic carbocycles. The molecule has 1 fully saturated rings. The predicted octanol–water partition coefficient (Wildman–Crippen LogP) is 2.66. The summed E-state index contributed by atoms with van der Waals surface area (Å²) in [6.45, 7) is 0. The van der Waals surface area contributed by atoms with E-state index in [0.717, 1.165) is 16.8 Å². The van der Waals surface area contributed by atoms with Crippen molar-refractivity contribution in [3.63, 3.8) is 0 Å². The number of nitrogens with one attached hydrogen (secondary N) is 2. The molecule has 1 saturated carbocycles. The molecule has 112 valence electrons. The minimum Gasteiger partial charge on any atom is -0.343 e. The van der Waals surface area contributed by atoms with Gasteiger partial charge in [-0.3, -0.25) is 15.3 Å². The van der Waals surface area contributed by atoms with Crippen LogP contribution in [-0.4, -0.2) is 22.2 Å². The molecule has 5 heteroatoms. The summed E-state index contributed by atoms with van der Waals surface area (Å²) >= 11 is 0. The fourth-order valence-electron chi connectivity index (χ4n) is 3.28. The average Bonchev–Trinajstić information content (AvgIpc) is 3.08. The first-order valence-electron chi connectivity index (χ1n) is 7.81. The Bertz CT molecular complexity index is 678. The van der Waals surface area contributed by atoms with Crippen LogP contribution in [0.1, 0.15) is 36.8 Å². The van der Waals surface area contributed by atoms with Crippen molar-refractivity contribution in [3.8, 4) is 0 Å². The van der Waals surface area contributed by atoms with E-state index in [1.54, 1.807) is 6.20 Å². The zero-order valence-electron chi connectivity index (χ0n) is 12.4. The van der Waals surface area contributed by atoms with Crippen molar-refractivity contribution >= 4 is 11.9 Å². The van der Waals surface area contributed by atoms with Crippen molar-refractivity contribution in [2.45, 2.75) is 37.5 Å². The predicted molar refractivity (Wildman–Crippen MR) is 86.8 cm³/mol. The highest BCUT2D eigenvalue weighted by Crippen LogP contribution is 2.32. The summed E-state index contributed by atoms with van der Waals surface area (Å²) < 4.78 is 0. The number of hydrogen-bond acceptors (Lipinski definition) is 5. The van der Waals surface area contributed by atoms with Crippen molar-refractivity contribution in [1.82, 2.24) is 15.3 Å². The van der Waals surface area contributed by atoms with Gasteiger partial charge in [0.1, 0.15) is 0 Å². The van der Waals surface area contributed by atoms with E-state index in [2.05, 4.69) is 20.6 Å². The maximum Gasteiger partial charge on any atom is 0.212 e. The van der Waals surface area contributed by atoms with E-state index in [1.807, 2.05) is 43.0 Å². The Labute approximate surface area is 129 Å². The summed E-state index contributed by atoms with van der Waals surface area (Å²) in [4.78, 5) is 13.2. The second kappa shape index (κ2) is 5.50. The van der Waals surface area contributed by atoms with Gasteiger partial charge < -0.3 is 5.32 Å². The average molecular weight is 293 g/mol. The highest BCUT2D eigenvalue weighted by atomic mass is 15.3. The van der Waals surface area contributed by atoms with Crippen molar-refractivity contribution in [2.24, 2.45) is 4.99 Å². The van der Waals surface area contributed by atoms with E-state index < -0.39 is 5.79 Å². The van der Waals surface area contributed by atoms with Crippen LogP contribution in [0.3, 0.4) is 0 Å². The number of hydrogen-bond donors (Lipinski definition) is 2. The van der Waals surface area contributed by atoms with Gasteiger partial charge in [-0.2, -0.15) is 0 Å². The molecular formula is C17H19N5. The Kier molecular flexibility index (Phi) is 3.35. The lowest BCUT2D eigenvalue weighted by Crippen LogP contribution is -2.52. The van der Waals surface area contributed by atoms with E-state index in [0.29, 0.717) is 6.04 Å². The number of nitrogens with zero attached hydrogens (tertiary/aromatic N) is 3. The maximum atomic E-state index is 4.83. The third-order valence-corrected chi connectivity index (χ3v) is 4.43. The number of aromatic nitrogens is 2. The number of aliphatic imine (C=N–C) groups is 1. The summed E-state index contributed by atoms with van der Waals surface area (Å²) in [5.41, 5.74) is 3.13. The first kappa shape index (κ1) is 13.4. The van der Waals surface area contributed by atoms with Crippen LogP contribution < -0.4 is 10.6 Å². The highest BCUT2D eigenvalue weighted by molar-refractivity contribution is 5.89. The van der Waals surface area contributed by atoms with Gasteiger partial charge in [0.2, 0.25) is 5.79 Å². The molecule has 2 N–H and O–H groups in total. The molecule has 2 aromatic rings. The first-order valence-corrected chi connectivity index (χ1v) is 7.81. The number of fused-ring (bicyclic) bond motifs is 1. The van der Waals surface area contributed by atoms with Gasteiger partial charge in [-0.15, -0.1) is 0 Å². The van der Waals surface area contributed by atoms with E-state index in [-0.39, 0.29) is 0 Å². The minimum absolute atomic E-state index is 0.482. The molecule has 2 aromatic heterocycles. The van der Waals surface area contributed by atoms with Gasteiger partial charge in [-0.05, 0) is 31.0 Å². The van der Waals surface area contributed by atoms with Crippen molar-refractivity contribution < 1.29 is 0 Å². The zero-order valence-corrected chi connectivity index (χ0v) is 12.4. The monoisotopic (exact) mass is 293 g/mol. The van der Waals surface area contributed by atoms with E-state index >= 15 is 0 Å². The maximum absolute atomic E-state index is 4.83. The van der Waals surface area contributed by atoms with E-state index in [9.17, 15) is 0 Å². The molecule has 1 atom stereocenters. The van der Waals surface area contributed by atoms with Gasteiger partial charge in [0.25, 0.3) is 0 Å². The molecule has 0 bridgehead atoms. The number of anilines is 1. The van der Waals surface area contributed by atoms with Crippen LogP contribution in [0.2, 0.25) is 0 Å². The molecule has 0 saturated heterocycles. The van der Waals surface area contributed by atoms with Crippen molar-refractivity contribution in [3.05, 3.63) is 54.1 Å². The Morgan fingerprint density at radius 3 is 2.64 bits per heavy atom. The molecule has 2 aliphatic rings. The Morgan fingerprint density at radius 1 is 1.05 bits per heavy atom. The van der Waals surface area contributed by atoms with Crippen molar-refractivity contribution in [2.75, 3.05) is 5.32 Å². The second-order valence-electron chi connectivity index (χ2n) is 5.92. The second-order valence-corrected chi connectivity index (χ2v) is 5.92. The molecule has 0 amide bonds. The normalized spacial score (nSPS) is 24.0. The van der Waals surface area contributed by atoms with Crippen LogP contribution in [0.15, 0.2) is 48.0 Å². The highest BCUT2D eigenvalue weighted by Gasteiger charge is 2.36. The quantitative estimate of drug-likeness (QED) is 0.913. The van der Waals surface area contributed by atoms with Crippen molar-refractivity contribution in [1.29, 1.82) is 0 Å². The summed E-state index contributed by atoms with van der Waals surface area (Å²) in [7, 11) is 0. The lowest BCUT2D eigenvalue weighted by Gasteiger charge is -2.38. The fourth-order valence-corrected chi connectivity index (χ4v) is 3.28. The number of rotatable bonds is 3. The molecule has 4 rings (SSSR count). The van der Waals surface area contributed by atoms with E-state index in [1.165, 1.54) is 25.7 Å². The summed E-state index contributed by atoms with van der Waals surface area (Å²) in [5, 5.41) is 7.28. The summed E-state index contributed by atoms with van der Waals surface area (Å²) in [6, 6.07) is 6.47.